The molecule has 0 radical (unpaired) electrons. The van der Waals surface area contributed by atoms with E-state index in [-0.39, 0.29) is 11.8 Å². The summed E-state index contributed by atoms with van der Waals surface area (Å²) in [6, 6.07) is 0.686. The molecule has 0 saturated heterocycles. The molecule has 6 heteroatoms. The molecule has 0 aromatic heterocycles. The molecule has 4 aliphatic carbocycles. The summed E-state index contributed by atoms with van der Waals surface area (Å²) in [5.41, 5.74) is 12.4. The molecule has 252 valence electrons. The summed E-state index contributed by atoms with van der Waals surface area (Å²) in [6.07, 6.45) is 23.3. The predicted molar refractivity (Wildman–Crippen MR) is 185 cm³/mol. The third kappa shape index (κ3) is 7.87. The Morgan fingerprint density at radius 1 is 0.909 bits per heavy atom. The number of amides is 1. The number of rotatable bonds is 17. The van der Waals surface area contributed by atoms with E-state index >= 15 is 0 Å². The van der Waals surface area contributed by atoms with E-state index in [9.17, 15) is 4.79 Å². The number of hydrogen-bond acceptors (Lipinski definition) is 5. The van der Waals surface area contributed by atoms with Crippen LogP contribution in [0.2, 0.25) is 0 Å². The molecule has 4 fully saturated rings. The highest BCUT2D eigenvalue weighted by Gasteiger charge is 2.60. The van der Waals surface area contributed by atoms with E-state index in [2.05, 4.69) is 43.8 Å². The molecule has 0 spiro atoms. The highest BCUT2D eigenvalue weighted by molar-refractivity contribution is 5.76. The number of carbonyl (C=O) groups is 1. The number of nitrogens with one attached hydrogen (secondary N) is 1. The van der Waals surface area contributed by atoms with Crippen molar-refractivity contribution >= 4 is 5.91 Å². The van der Waals surface area contributed by atoms with Crippen LogP contribution in [0.5, 0.6) is 0 Å². The first kappa shape index (κ1) is 35.7. The fourth-order valence-electron chi connectivity index (χ4n) is 11.1. The SMILES string of the molecule is C#C[C@H](CCC(=O)N(CC)CC)[C@H]1CCC2C3CCC4C[C@@H](NCCCN(CCCN)CCCN)CC[C@]4(C)C3CC[C@@]21C. The van der Waals surface area contributed by atoms with Crippen LogP contribution in [0.1, 0.15) is 118 Å². The lowest BCUT2D eigenvalue weighted by atomic mass is 9.44. The summed E-state index contributed by atoms with van der Waals surface area (Å²) in [7, 11) is 0. The molecular formula is C38H69N5O. The Labute approximate surface area is 271 Å². The molecule has 0 aromatic carbocycles. The lowest BCUT2D eigenvalue weighted by Gasteiger charge is -2.61. The number of terminal acetylenes is 1. The van der Waals surface area contributed by atoms with E-state index in [0.29, 0.717) is 29.2 Å². The van der Waals surface area contributed by atoms with E-state index in [4.69, 9.17) is 17.9 Å². The van der Waals surface area contributed by atoms with Gasteiger partial charge in [-0.1, -0.05) is 13.8 Å². The van der Waals surface area contributed by atoms with E-state index in [0.717, 1.165) is 95.3 Å². The second-order valence-corrected chi connectivity index (χ2v) is 15.7. The maximum Gasteiger partial charge on any atom is 0.222 e. The summed E-state index contributed by atoms with van der Waals surface area (Å²) < 4.78 is 0. The van der Waals surface area contributed by atoms with Gasteiger partial charge in [0.05, 0.1) is 0 Å². The molecule has 0 bridgehead atoms. The maximum absolute atomic E-state index is 12.8. The van der Waals surface area contributed by atoms with E-state index in [1.54, 1.807) is 0 Å². The number of nitrogens with two attached hydrogens (primary N) is 2. The number of fused-ring (bicyclic) bond motifs is 5. The van der Waals surface area contributed by atoms with Gasteiger partial charge in [0.2, 0.25) is 5.91 Å². The number of nitrogens with zero attached hydrogens (tertiary/aromatic N) is 2. The smallest absolute Gasteiger partial charge is 0.222 e. The Balaban J connectivity index is 1.29. The molecule has 9 atom stereocenters. The average molecular weight is 612 g/mol. The fourth-order valence-corrected chi connectivity index (χ4v) is 11.1. The molecule has 5 N–H and O–H groups in total. The molecule has 1 amide bonds. The molecule has 0 heterocycles. The Morgan fingerprint density at radius 2 is 1.57 bits per heavy atom. The molecule has 0 aromatic rings. The van der Waals surface area contributed by atoms with Gasteiger partial charge < -0.3 is 26.6 Å². The quantitative estimate of drug-likeness (QED) is 0.141. The van der Waals surface area contributed by atoms with E-state index in [1.807, 2.05) is 4.90 Å². The first-order valence-electron chi connectivity index (χ1n) is 18.8. The van der Waals surface area contributed by atoms with Crippen LogP contribution in [0.3, 0.4) is 0 Å². The minimum atomic E-state index is 0.239. The molecule has 6 nitrogen and oxygen atoms in total. The second kappa shape index (κ2) is 16.6. The zero-order valence-corrected chi connectivity index (χ0v) is 29.1. The van der Waals surface area contributed by atoms with Crippen molar-refractivity contribution in [3.63, 3.8) is 0 Å². The van der Waals surface area contributed by atoms with Crippen LogP contribution >= 0.6 is 0 Å². The molecule has 4 rings (SSSR count). The summed E-state index contributed by atoms with van der Waals surface area (Å²) in [5, 5.41) is 3.99. The van der Waals surface area contributed by atoms with Crippen LogP contribution in [-0.4, -0.2) is 74.1 Å². The summed E-state index contributed by atoms with van der Waals surface area (Å²) in [4.78, 5) is 17.3. The highest BCUT2D eigenvalue weighted by Crippen LogP contribution is 2.68. The highest BCUT2D eigenvalue weighted by atomic mass is 16.2. The van der Waals surface area contributed by atoms with Crippen molar-refractivity contribution < 1.29 is 4.79 Å². The van der Waals surface area contributed by atoms with Crippen LogP contribution in [0, 0.1) is 58.7 Å². The standard InChI is InChI=1S/C38H69N5O/c1-6-29(12-17-36(44)43(7-2)8-3)33-15-16-34-32-14-13-30-28-31(18-20-37(30,4)35(32)19-21-38(33,34)5)41-24-11-27-42(25-9-22-39)26-10-23-40/h1,29-35,41H,7-28,39-40H2,2-5H3/t29-,30?,31+,32?,33-,34?,35?,37+,38-/m1/s1. The van der Waals surface area contributed by atoms with Crippen molar-refractivity contribution in [2.24, 2.45) is 57.8 Å². The van der Waals surface area contributed by atoms with Gasteiger partial charge in [0, 0.05) is 31.5 Å². The topological polar surface area (TPSA) is 87.6 Å². The van der Waals surface area contributed by atoms with Crippen molar-refractivity contribution in [2.75, 3.05) is 52.4 Å². The lowest BCUT2D eigenvalue weighted by Crippen LogP contribution is -2.55. The second-order valence-electron chi connectivity index (χ2n) is 15.7. The normalized spacial score (nSPS) is 35.4. The monoisotopic (exact) mass is 612 g/mol. The molecule has 4 saturated carbocycles. The van der Waals surface area contributed by atoms with Gasteiger partial charge in [-0.05, 0) is 177 Å². The van der Waals surface area contributed by atoms with Crippen molar-refractivity contribution in [3.8, 4) is 12.3 Å². The van der Waals surface area contributed by atoms with Gasteiger partial charge in [-0.25, -0.2) is 0 Å². The molecule has 4 unspecified atom stereocenters. The van der Waals surface area contributed by atoms with Gasteiger partial charge >= 0.3 is 0 Å². The first-order chi connectivity index (χ1) is 21.2. The third-order valence-corrected chi connectivity index (χ3v) is 13.7. The van der Waals surface area contributed by atoms with Gasteiger partial charge in [-0.3, -0.25) is 4.79 Å². The van der Waals surface area contributed by atoms with Crippen molar-refractivity contribution in [1.29, 1.82) is 0 Å². The van der Waals surface area contributed by atoms with Gasteiger partial charge in [0.1, 0.15) is 0 Å². The van der Waals surface area contributed by atoms with Gasteiger partial charge in [0.15, 0.2) is 0 Å². The maximum atomic E-state index is 12.8. The van der Waals surface area contributed by atoms with Crippen LogP contribution < -0.4 is 16.8 Å². The van der Waals surface area contributed by atoms with Gasteiger partial charge in [0.25, 0.3) is 0 Å². The van der Waals surface area contributed by atoms with Crippen molar-refractivity contribution in [1.82, 2.24) is 15.1 Å². The minimum absolute atomic E-state index is 0.239. The largest absolute Gasteiger partial charge is 0.343 e. The third-order valence-electron chi connectivity index (χ3n) is 13.7. The Bertz CT molecular complexity index is 923. The molecular weight excluding hydrogens is 542 g/mol. The van der Waals surface area contributed by atoms with Crippen molar-refractivity contribution in [3.05, 3.63) is 0 Å². The van der Waals surface area contributed by atoms with Crippen LogP contribution in [-0.2, 0) is 4.79 Å². The molecule has 4 aliphatic rings. The molecule has 44 heavy (non-hydrogen) atoms. The zero-order valence-electron chi connectivity index (χ0n) is 29.1. The lowest BCUT2D eigenvalue weighted by molar-refractivity contribution is -0.131. The van der Waals surface area contributed by atoms with Crippen molar-refractivity contribution in [2.45, 2.75) is 124 Å². The van der Waals surface area contributed by atoms with Gasteiger partial charge in [-0.2, -0.15) is 0 Å². The van der Waals surface area contributed by atoms with E-state index < -0.39 is 0 Å². The zero-order chi connectivity index (χ0) is 31.7. The van der Waals surface area contributed by atoms with Crippen LogP contribution in [0.4, 0.5) is 0 Å². The molecule has 0 aliphatic heterocycles. The summed E-state index contributed by atoms with van der Waals surface area (Å²) in [5.74, 6) is 7.75. The Morgan fingerprint density at radius 3 is 2.23 bits per heavy atom. The first-order valence-corrected chi connectivity index (χ1v) is 18.8. The minimum Gasteiger partial charge on any atom is -0.343 e. The van der Waals surface area contributed by atoms with Gasteiger partial charge in [-0.15, -0.1) is 12.3 Å². The van der Waals surface area contributed by atoms with Crippen LogP contribution in [0.25, 0.3) is 0 Å². The summed E-state index contributed by atoms with van der Waals surface area (Å²) in [6.45, 7) is 17.0. The average Bonchev–Trinajstić information content (AvgIpc) is 3.38. The Hall–Kier alpha value is -1.13. The predicted octanol–water partition coefficient (Wildman–Crippen LogP) is 5.89. The number of hydrogen-bond donors (Lipinski definition) is 3. The number of carbonyl (C=O) groups excluding carboxylic acids is 1. The Kier molecular flexibility index (Phi) is 13.5. The fraction of sp³-hybridized carbons (Fsp3) is 0.921. The van der Waals surface area contributed by atoms with Crippen LogP contribution in [0.15, 0.2) is 0 Å². The van der Waals surface area contributed by atoms with E-state index in [1.165, 1.54) is 64.2 Å². The summed E-state index contributed by atoms with van der Waals surface area (Å²) >= 11 is 0.